The lowest BCUT2D eigenvalue weighted by Crippen LogP contribution is -2.02. The van der Waals surface area contributed by atoms with E-state index in [4.69, 9.17) is 11.5 Å². The SMILES string of the molecule is Nc1ccc(CCCNc2ccc(-c3ccc(N)cc3)cc2)cc1. The third-order valence-corrected chi connectivity index (χ3v) is 4.08. The first-order valence-electron chi connectivity index (χ1n) is 8.25. The van der Waals surface area contributed by atoms with Gasteiger partial charge >= 0.3 is 0 Å². The minimum Gasteiger partial charge on any atom is -0.399 e. The predicted molar refractivity (Wildman–Crippen MR) is 104 cm³/mol. The van der Waals surface area contributed by atoms with Crippen molar-refractivity contribution in [3.63, 3.8) is 0 Å². The van der Waals surface area contributed by atoms with Crippen molar-refractivity contribution >= 4 is 17.1 Å². The van der Waals surface area contributed by atoms with Crippen LogP contribution in [0.2, 0.25) is 0 Å². The van der Waals surface area contributed by atoms with E-state index in [-0.39, 0.29) is 0 Å². The van der Waals surface area contributed by atoms with Crippen molar-refractivity contribution in [2.45, 2.75) is 12.8 Å². The number of rotatable bonds is 6. The van der Waals surface area contributed by atoms with Gasteiger partial charge in [-0.05, 0) is 65.9 Å². The highest BCUT2D eigenvalue weighted by molar-refractivity contribution is 5.67. The third kappa shape index (κ3) is 4.29. The van der Waals surface area contributed by atoms with Crippen molar-refractivity contribution in [3.05, 3.63) is 78.4 Å². The van der Waals surface area contributed by atoms with E-state index in [0.29, 0.717) is 0 Å². The van der Waals surface area contributed by atoms with E-state index >= 15 is 0 Å². The molecule has 24 heavy (non-hydrogen) atoms. The summed E-state index contributed by atoms with van der Waals surface area (Å²) in [6.07, 6.45) is 2.14. The zero-order valence-electron chi connectivity index (χ0n) is 13.7. The molecule has 0 radical (unpaired) electrons. The van der Waals surface area contributed by atoms with Crippen LogP contribution in [0.5, 0.6) is 0 Å². The van der Waals surface area contributed by atoms with Crippen molar-refractivity contribution in [3.8, 4) is 11.1 Å². The van der Waals surface area contributed by atoms with Gasteiger partial charge in [0.05, 0.1) is 0 Å². The summed E-state index contributed by atoms with van der Waals surface area (Å²) in [5, 5.41) is 3.47. The highest BCUT2D eigenvalue weighted by atomic mass is 14.9. The van der Waals surface area contributed by atoms with E-state index in [1.54, 1.807) is 0 Å². The van der Waals surface area contributed by atoms with Crippen molar-refractivity contribution in [2.24, 2.45) is 0 Å². The summed E-state index contributed by atoms with van der Waals surface area (Å²) in [5.74, 6) is 0. The van der Waals surface area contributed by atoms with Gasteiger partial charge in [0.2, 0.25) is 0 Å². The number of nitrogen functional groups attached to an aromatic ring is 2. The standard InChI is InChI=1S/C21H23N3/c22-19-9-3-16(4-10-19)2-1-15-24-21-13-7-18(8-14-21)17-5-11-20(23)12-6-17/h3-14,24H,1-2,15,22-23H2. The van der Waals surface area contributed by atoms with Gasteiger partial charge in [0.1, 0.15) is 0 Å². The Hall–Kier alpha value is -2.94. The smallest absolute Gasteiger partial charge is 0.0340 e. The van der Waals surface area contributed by atoms with Gasteiger partial charge in [-0.1, -0.05) is 36.4 Å². The van der Waals surface area contributed by atoms with Gasteiger partial charge in [0.15, 0.2) is 0 Å². The monoisotopic (exact) mass is 317 g/mol. The van der Waals surface area contributed by atoms with E-state index in [1.807, 2.05) is 36.4 Å². The van der Waals surface area contributed by atoms with Crippen molar-refractivity contribution in [1.29, 1.82) is 0 Å². The second-order valence-corrected chi connectivity index (χ2v) is 5.97. The molecule has 0 saturated carbocycles. The molecule has 0 atom stereocenters. The maximum absolute atomic E-state index is 5.73. The van der Waals surface area contributed by atoms with Crippen LogP contribution in [0.1, 0.15) is 12.0 Å². The number of anilines is 3. The van der Waals surface area contributed by atoms with Gasteiger partial charge in [-0.25, -0.2) is 0 Å². The fourth-order valence-electron chi connectivity index (χ4n) is 2.67. The molecule has 0 bridgehead atoms. The van der Waals surface area contributed by atoms with Crippen LogP contribution in [0.3, 0.4) is 0 Å². The molecule has 3 aromatic carbocycles. The fourth-order valence-corrected chi connectivity index (χ4v) is 2.67. The summed E-state index contributed by atoms with van der Waals surface area (Å²) in [6, 6.07) is 24.6. The van der Waals surface area contributed by atoms with E-state index in [2.05, 4.69) is 41.7 Å². The molecule has 0 fully saturated rings. The topological polar surface area (TPSA) is 64.1 Å². The molecular formula is C21H23N3. The van der Waals surface area contributed by atoms with E-state index in [1.165, 1.54) is 16.7 Å². The lowest BCUT2D eigenvalue weighted by atomic mass is 10.1. The van der Waals surface area contributed by atoms with Crippen LogP contribution >= 0.6 is 0 Å². The Morgan fingerprint density at radius 2 is 1.12 bits per heavy atom. The van der Waals surface area contributed by atoms with Gasteiger partial charge in [0.25, 0.3) is 0 Å². The molecule has 3 heteroatoms. The normalized spacial score (nSPS) is 10.5. The summed E-state index contributed by atoms with van der Waals surface area (Å²) < 4.78 is 0. The molecule has 0 aromatic heterocycles. The average Bonchev–Trinajstić information content (AvgIpc) is 2.62. The van der Waals surface area contributed by atoms with Gasteiger partial charge in [0, 0.05) is 23.6 Å². The fraction of sp³-hybridized carbons (Fsp3) is 0.143. The first-order chi connectivity index (χ1) is 11.7. The summed E-state index contributed by atoms with van der Waals surface area (Å²) in [7, 11) is 0. The lowest BCUT2D eigenvalue weighted by Gasteiger charge is -2.08. The van der Waals surface area contributed by atoms with Crippen LogP contribution < -0.4 is 16.8 Å². The number of hydrogen-bond acceptors (Lipinski definition) is 3. The number of benzene rings is 3. The molecule has 5 N–H and O–H groups in total. The molecular weight excluding hydrogens is 294 g/mol. The molecule has 0 aliphatic rings. The van der Waals surface area contributed by atoms with Crippen LogP contribution in [-0.4, -0.2) is 6.54 Å². The van der Waals surface area contributed by atoms with Crippen LogP contribution in [0.15, 0.2) is 72.8 Å². The Morgan fingerprint density at radius 1 is 0.625 bits per heavy atom. The summed E-state index contributed by atoms with van der Waals surface area (Å²) in [4.78, 5) is 0. The molecule has 0 aliphatic heterocycles. The third-order valence-electron chi connectivity index (χ3n) is 4.08. The first-order valence-corrected chi connectivity index (χ1v) is 8.25. The summed E-state index contributed by atoms with van der Waals surface area (Å²) >= 11 is 0. The van der Waals surface area contributed by atoms with Crippen molar-refractivity contribution in [2.75, 3.05) is 23.3 Å². The molecule has 122 valence electrons. The molecule has 0 saturated heterocycles. The van der Waals surface area contributed by atoms with Crippen LogP contribution in [0, 0.1) is 0 Å². The molecule has 0 spiro atoms. The van der Waals surface area contributed by atoms with E-state index in [9.17, 15) is 0 Å². The number of hydrogen-bond donors (Lipinski definition) is 3. The molecule has 0 heterocycles. The van der Waals surface area contributed by atoms with E-state index in [0.717, 1.165) is 36.4 Å². The Kier molecular flexibility index (Phi) is 5.02. The Balaban J connectivity index is 1.49. The zero-order chi connectivity index (χ0) is 16.8. The minimum absolute atomic E-state index is 0.790. The predicted octanol–water partition coefficient (Wildman–Crippen LogP) is 4.56. The molecule has 0 amide bonds. The summed E-state index contributed by atoms with van der Waals surface area (Å²) in [6.45, 7) is 0.950. The van der Waals surface area contributed by atoms with Crippen molar-refractivity contribution in [1.82, 2.24) is 0 Å². The van der Waals surface area contributed by atoms with Gasteiger partial charge in [-0.2, -0.15) is 0 Å². The maximum atomic E-state index is 5.73. The molecule has 0 unspecified atom stereocenters. The van der Waals surface area contributed by atoms with Crippen LogP contribution in [-0.2, 0) is 6.42 Å². The minimum atomic E-state index is 0.790. The molecule has 0 aliphatic carbocycles. The second kappa shape index (κ2) is 7.55. The largest absolute Gasteiger partial charge is 0.399 e. The van der Waals surface area contributed by atoms with Crippen molar-refractivity contribution < 1.29 is 0 Å². The summed E-state index contributed by atoms with van der Waals surface area (Å²) in [5.41, 5.74) is 17.9. The quantitative estimate of drug-likeness (QED) is 0.461. The average molecular weight is 317 g/mol. The van der Waals surface area contributed by atoms with Crippen LogP contribution in [0.25, 0.3) is 11.1 Å². The van der Waals surface area contributed by atoms with E-state index < -0.39 is 0 Å². The van der Waals surface area contributed by atoms with Gasteiger partial charge < -0.3 is 16.8 Å². The zero-order valence-corrected chi connectivity index (χ0v) is 13.7. The highest BCUT2D eigenvalue weighted by Crippen LogP contribution is 2.22. The number of aryl methyl sites for hydroxylation is 1. The molecule has 3 rings (SSSR count). The highest BCUT2D eigenvalue weighted by Gasteiger charge is 1.99. The maximum Gasteiger partial charge on any atom is 0.0340 e. The Bertz CT molecular complexity index is 760. The molecule has 3 aromatic rings. The van der Waals surface area contributed by atoms with Gasteiger partial charge in [-0.3, -0.25) is 0 Å². The number of nitrogens with one attached hydrogen (secondary N) is 1. The van der Waals surface area contributed by atoms with Gasteiger partial charge in [-0.15, -0.1) is 0 Å². The Labute approximate surface area is 143 Å². The van der Waals surface area contributed by atoms with Crippen LogP contribution in [0.4, 0.5) is 17.1 Å². The Morgan fingerprint density at radius 3 is 1.71 bits per heavy atom. The second-order valence-electron chi connectivity index (χ2n) is 5.97. The first kappa shape index (κ1) is 15.9. The molecule has 3 nitrogen and oxygen atoms in total. The number of nitrogens with two attached hydrogens (primary N) is 2. The lowest BCUT2D eigenvalue weighted by molar-refractivity contribution is 0.863.